The van der Waals surface area contributed by atoms with Gasteiger partial charge >= 0.3 is 0 Å². The second-order valence-electron chi connectivity index (χ2n) is 5.00. The van der Waals surface area contributed by atoms with E-state index in [0.29, 0.717) is 16.8 Å². The summed E-state index contributed by atoms with van der Waals surface area (Å²) < 4.78 is 0. The quantitative estimate of drug-likeness (QED) is 0.522. The number of non-ortho nitro benzene ring substituents is 1. The zero-order valence-electron chi connectivity index (χ0n) is 12.9. The molecule has 0 unspecified atom stereocenters. The molecule has 2 aromatic rings. The average molecular weight is 311 g/mol. The molecule has 0 heterocycles. The number of nitro benzene ring substituents is 1. The van der Waals surface area contributed by atoms with Crippen LogP contribution in [0.15, 0.2) is 53.6 Å². The Balaban J connectivity index is 2.10. The van der Waals surface area contributed by atoms with Gasteiger partial charge in [-0.15, -0.1) is 0 Å². The Kier molecular flexibility index (Phi) is 5.19. The predicted octanol–water partition coefficient (Wildman–Crippen LogP) is 3.31. The second kappa shape index (κ2) is 7.31. The molecular formula is C17H17N3O3. The number of benzene rings is 2. The van der Waals surface area contributed by atoms with E-state index in [9.17, 15) is 14.9 Å². The van der Waals surface area contributed by atoms with Crippen LogP contribution in [-0.4, -0.2) is 16.5 Å². The predicted molar refractivity (Wildman–Crippen MR) is 88.6 cm³/mol. The van der Waals surface area contributed by atoms with Gasteiger partial charge in [-0.1, -0.05) is 31.2 Å². The molecule has 1 N–H and O–H groups in total. The largest absolute Gasteiger partial charge is 0.271 e. The summed E-state index contributed by atoms with van der Waals surface area (Å²) in [6, 6.07) is 13.4. The molecule has 6 nitrogen and oxygen atoms in total. The fourth-order valence-electron chi connectivity index (χ4n) is 2.00. The van der Waals surface area contributed by atoms with Crippen molar-refractivity contribution in [3.63, 3.8) is 0 Å². The van der Waals surface area contributed by atoms with E-state index >= 15 is 0 Å². The van der Waals surface area contributed by atoms with Crippen LogP contribution in [0, 0.1) is 10.1 Å². The van der Waals surface area contributed by atoms with Crippen molar-refractivity contribution >= 4 is 17.3 Å². The minimum atomic E-state index is -0.468. The van der Waals surface area contributed by atoms with Gasteiger partial charge in [-0.05, 0) is 31.0 Å². The normalized spacial score (nSPS) is 11.1. The number of nitrogens with zero attached hydrogens (tertiary/aromatic N) is 2. The van der Waals surface area contributed by atoms with Crippen LogP contribution in [0.3, 0.4) is 0 Å². The van der Waals surface area contributed by atoms with E-state index in [-0.39, 0.29) is 11.6 Å². The van der Waals surface area contributed by atoms with Crippen molar-refractivity contribution < 1.29 is 9.72 Å². The number of hydrogen-bond acceptors (Lipinski definition) is 4. The highest BCUT2D eigenvalue weighted by Gasteiger charge is 2.08. The lowest BCUT2D eigenvalue weighted by atomic mass is 10.1. The topological polar surface area (TPSA) is 84.6 Å². The molecule has 0 bridgehead atoms. The van der Waals surface area contributed by atoms with Crippen LogP contribution in [0.5, 0.6) is 0 Å². The van der Waals surface area contributed by atoms with Crippen molar-refractivity contribution in [2.45, 2.75) is 20.3 Å². The van der Waals surface area contributed by atoms with E-state index in [1.54, 1.807) is 31.2 Å². The molecule has 0 aromatic heterocycles. The minimum absolute atomic E-state index is 0.0152. The number of hydrogen-bond donors (Lipinski definition) is 1. The third kappa shape index (κ3) is 4.23. The molecule has 23 heavy (non-hydrogen) atoms. The molecule has 2 rings (SSSR count). The molecule has 0 aliphatic carbocycles. The van der Waals surface area contributed by atoms with Crippen LogP contribution in [0.1, 0.15) is 35.3 Å². The molecule has 0 spiro atoms. The molecular weight excluding hydrogens is 294 g/mol. The maximum Gasteiger partial charge on any atom is 0.271 e. The highest BCUT2D eigenvalue weighted by atomic mass is 16.6. The molecule has 118 valence electrons. The zero-order chi connectivity index (χ0) is 16.8. The van der Waals surface area contributed by atoms with E-state index in [2.05, 4.69) is 10.5 Å². The van der Waals surface area contributed by atoms with Crippen molar-refractivity contribution in [3.8, 4) is 0 Å². The Bertz CT molecular complexity index is 752. The van der Waals surface area contributed by atoms with E-state index in [1.165, 1.54) is 12.1 Å². The zero-order valence-corrected chi connectivity index (χ0v) is 12.9. The summed E-state index contributed by atoms with van der Waals surface area (Å²) in [7, 11) is 0. The Morgan fingerprint density at radius 2 is 1.87 bits per heavy atom. The first-order chi connectivity index (χ1) is 11.0. The summed E-state index contributed by atoms with van der Waals surface area (Å²) in [5.74, 6) is -0.322. The first-order valence-electron chi connectivity index (χ1n) is 7.19. The summed E-state index contributed by atoms with van der Waals surface area (Å²) >= 11 is 0. The van der Waals surface area contributed by atoms with Crippen molar-refractivity contribution in [1.82, 2.24) is 5.43 Å². The molecule has 0 atom stereocenters. The van der Waals surface area contributed by atoms with Gasteiger partial charge in [0.05, 0.1) is 10.6 Å². The van der Waals surface area contributed by atoms with Gasteiger partial charge in [0.15, 0.2) is 0 Å². The number of hydrazone groups is 1. The Labute approximate surface area is 134 Å². The third-order valence-electron chi connectivity index (χ3n) is 3.42. The van der Waals surface area contributed by atoms with Gasteiger partial charge < -0.3 is 0 Å². The summed E-state index contributed by atoms with van der Waals surface area (Å²) in [5.41, 5.74) is 5.19. The Morgan fingerprint density at radius 1 is 1.17 bits per heavy atom. The van der Waals surface area contributed by atoms with Gasteiger partial charge in [0.25, 0.3) is 11.6 Å². The molecule has 0 radical (unpaired) electrons. The van der Waals surface area contributed by atoms with E-state index in [1.807, 2.05) is 19.1 Å². The molecule has 0 aliphatic rings. The van der Waals surface area contributed by atoms with E-state index in [4.69, 9.17) is 0 Å². The number of nitro groups is 1. The summed E-state index contributed by atoms with van der Waals surface area (Å²) in [4.78, 5) is 22.3. The van der Waals surface area contributed by atoms with Gasteiger partial charge in [-0.3, -0.25) is 14.9 Å². The molecule has 1 amide bonds. The van der Waals surface area contributed by atoms with Crippen LogP contribution in [-0.2, 0) is 6.42 Å². The van der Waals surface area contributed by atoms with E-state index < -0.39 is 4.92 Å². The van der Waals surface area contributed by atoms with Gasteiger partial charge in [-0.2, -0.15) is 5.10 Å². The molecule has 2 aromatic carbocycles. The molecule has 6 heteroatoms. The highest BCUT2D eigenvalue weighted by Crippen LogP contribution is 2.13. The van der Waals surface area contributed by atoms with Gasteiger partial charge in [0.1, 0.15) is 0 Å². The van der Waals surface area contributed by atoms with Crippen LogP contribution in [0.25, 0.3) is 0 Å². The number of nitrogens with one attached hydrogen (secondary N) is 1. The van der Waals surface area contributed by atoms with Gasteiger partial charge in [-0.25, -0.2) is 5.43 Å². The van der Waals surface area contributed by atoms with Gasteiger partial charge in [0.2, 0.25) is 0 Å². The lowest BCUT2D eigenvalue weighted by Crippen LogP contribution is -2.19. The molecule has 0 saturated carbocycles. The van der Waals surface area contributed by atoms with E-state index in [0.717, 1.165) is 12.0 Å². The van der Waals surface area contributed by atoms with Gasteiger partial charge in [0, 0.05) is 23.3 Å². The minimum Gasteiger partial charge on any atom is -0.267 e. The van der Waals surface area contributed by atoms with Crippen molar-refractivity contribution in [3.05, 3.63) is 75.3 Å². The fourth-order valence-corrected chi connectivity index (χ4v) is 2.00. The monoisotopic (exact) mass is 311 g/mol. The third-order valence-corrected chi connectivity index (χ3v) is 3.42. The average Bonchev–Trinajstić information content (AvgIpc) is 2.59. The van der Waals surface area contributed by atoms with Crippen LogP contribution in [0.4, 0.5) is 5.69 Å². The number of amides is 1. The smallest absolute Gasteiger partial charge is 0.267 e. The van der Waals surface area contributed by atoms with Crippen LogP contribution in [0.2, 0.25) is 0 Å². The molecule has 0 fully saturated rings. The number of carbonyl (C=O) groups excluding carboxylic acids is 1. The SMILES string of the molecule is CCc1ccc(C(=O)N/N=C(/C)c2cccc([N+](=O)[O-])c2)cc1. The lowest BCUT2D eigenvalue weighted by Gasteiger charge is -2.04. The first kappa shape index (κ1) is 16.4. The van der Waals surface area contributed by atoms with Crippen molar-refractivity contribution in [2.24, 2.45) is 5.10 Å². The molecule has 0 aliphatic heterocycles. The van der Waals surface area contributed by atoms with Crippen molar-refractivity contribution in [1.29, 1.82) is 0 Å². The van der Waals surface area contributed by atoms with Crippen molar-refractivity contribution in [2.75, 3.05) is 0 Å². The van der Waals surface area contributed by atoms with Crippen LogP contribution >= 0.6 is 0 Å². The lowest BCUT2D eigenvalue weighted by molar-refractivity contribution is -0.384. The van der Waals surface area contributed by atoms with Crippen LogP contribution < -0.4 is 5.43 Å². The Morgan fingerprint density at radius 3 is 2.48 bits per heavy atom. The highest BCUT2D eigenvalue weighted by molar-refractivity contribution is 6.01. The summed E-state index contributed by atoms with van der Waals surface area (Å²) in [6.07, 6.45) is 0.909. The number of rotatable bonds is 5. The summed E-state index contributed by atoms with van der Waals surface area (Å²) in [6.45, 7) is 3.72. The fraction of sp³-hybridized carbons (Fsp3) is 0.176. The number of carbonyl (C=O) groups is 1. The molecule has 0 saturated heterocycles. The number of aryl methyl sites for hydroxylation is 1. The maximum absolute atomic E-state index is 12.0. The summed E-state index contributed by atoms with van der Waals surface area (Å²) in [5, 5.41) is 14.8. The standard InChI is InChI=1S/C17H17N3O3/c1-3-13-7-9-14(10-8-13)17(21)19-18-12(2)15-5-4-6-16(11-15)20(22)23/h4-11H,3H2,1-2H3,(H,19,21)/b18-12-. The second-order valence-corrected chi connectivity index (χ2v) is 5.00. The maximum atomic E-state index is 12.0. The Hall–Kier alpha value is -3.02. The first-order valence-corrected chi connectivity index (χ1v) is 7.19.